The maximum Gasteiger partial charge on any atom is 0.144 e. The summed E-state index contributed by atoms with van der Waals surface area (Å²) in [7, 11) is 1.74. The minimum atomic E-state index is -0.0426. The molecule has 0 bridgehead atoms. The maximum atomic E-state index is 9.41. The van der Waals surface area contributed by atoms with Crippen molar-refractivity contribution in [1.82, 2.24) is 10.3 Å². The highest BCUT2D eigenvalue weighted by Crippen LogP contribution is 2.26. The third kappa shape index (κ3) is 3.08. The molecule has 0 aromatic carbocycles. The van der Waals surface area contributed by atoms with E-state index in [1.807, 2.05) is 6.07 Å². The number of aryl methyl sites for hydroxylation is 2. The topological polar surface area (TPSA) is 70.0 Å². The predicted octanol–water partition coefficient (Wildman–Crippen LogP) is 2.01. The summed E-state index contributed by atoms with van der Waals surface area (Å²) < 4.78 is 5.38. The number of hydrogen-bond acceptors (Lipinski definition) is 5. The van der Waals surface area contributed by atoms with Crippen LogP contribution in [0.5, 0.6) is 0 Å². The second kappa shape index (κ2) is 6.64. The molecule has 5 heteroatoms. The molecule has 1 aliphatic carbocycles. The molecule has 0 amide bonds. The number of hydrogen-bond donors (Lipinski definition) is 2. The zero-order valence-electron chi connectivity index (χ0n) is 13.2. The average molecular weight is 300 g/mol. The van der Waals surface area contributed by atoms with Crippen LogP contribution in [0.15, 0.2) is 6.07 Å². The molecule has 2 aliphatic rings. The van der Waals surface area contributed by atoms with Crippen LogP contribution in [0.2, 0.25) is 0 Å². The van der Waals surface area contributed by atoms with E-state index in [1.165, 1.54) is 18.4 Å². The molecule has 0 spiro atoms. The summed E-state index contributed by atoms with van der Waals surface area (Å²) in [4.78, 5) is 4.73. The minimum absolute atomic E-state index is 0.0426. The zero-order valence-corrected chi connectivity index (χ0v) is 13.2. The number of rotatable bonds is 5. The van der Waals surface area contributed by atoms with E-state index in [1.54, 1.807) is 7.11 Å². The van der Waals surface area contributed by atoms with Crippen molar-refractivity contribution in [3.63, 3.8) is 0 Å². The van der Waals surface area contributed by atoms with Crippen LogP contribution in [0.1, 0.15) is 42.5 Å². The van der Waals surface area contributed by atoms with Gasteiger partial charge in [0.25, 0.3) is 0 Å². The van der Waals surface area contributed by atoms with Gasteiger partial charge in [-0.1, -0.05) is 0 Å². The molecular formula is C17H24N4O. The van der Waals surface area contributed by atoms with Crippen molar-refractivity contribution in [2.45, 2.75) is 44.1 Å². The Hall–Kier alpha value is -1.64. The molecular weight excluding hydrogens is 276 g/mol. The van der Waals surface area contributed by atoms with Crippen molar-refractivity contribution in [2.24, 2.45) is 0 Å². The first-order valence-electron chi connectivity index (χ1n) is 8.17. The fraction of sp³-hybridized carbons (Fsp3) is 0.647. The zero-order chi connectivity index (χ0) is 15.4. The summed E-state index contributed by atoms with van der Waals surface area (Å²) >= 11 is 0. The Morgan fingerprint density at radius 1 is 1.41 bits per heavy atom. The van der Waals surface area contributed by atoms with Gasteiger partial charge in [0.05, 0.1) is 17.7 Å². The van der Waals surface area contributed by atoms with Crippen molar-refractivity contribution in [3.8, 4) is 6.07 Å². The van der Waals surface area contributed by atoms with Crippen LogP contribution < -0.4 is 10.6 Å². The van der Waals surface area contributed by atoms with E-state index >= 15 is 0 Å². The summed E-state index contributed by atoms with van der Waals surface area (Å²) in [6, 6.07) is 4.31. The predicted molar refractivity (Wildman–Crippen MR) is 85.9 cm³/mol. The second-order valence-corrected chi connectivity index (χ2v) is 6.41. The van der Waals surface area contributed by atoms with Crippen molar-refractivity contribution in [1.29, 1.82) is 5.26 Å². The molecule has 2 heterocycles. The lowest BCUT2D eigenvalue weighted by atomic mass is 9.94. The van der Waals surface area contributed by atoms with Crippen LogP contribution in [-0.4, -0.2) is 37.3 Å². The molecule has 0 saturated carbocycles. The van der Waals surface area contributed by atoms with E-state index in [4.69, 9.17) is 9.72 Å². The maximum absolute atomic E-state index is 9.41. The van der Waals surface area contributed by atoms with E-state index < -0.39 is 0 Å². The van der Waals surface area contributed by atoms with Crippen LogP contribution >= 0.6 is 0 Å². The number of methoxy groups -OCH3 is 1. The summed E-state index contributed by atoms with van der Waals surface area (Å²) in [6.45, 7) is 2.43. The van der Waals surface area contributed by atoms with Crippen LogP contribution in [-0.2, 0) is 17.6 Å². The molecule has 1 unspecified atom stereocenters. The Labute approximate surface area is 132 Å². The molecule has 1 fully saturated rings. The molecule has 0 radical (unpaired) electrons. The first-order valence-corrected chi connectivity index (χ1v) is 8.17. The highest BCUT2D eigenvalue weighted by Gasteiger charge is 2.33. The molecule has 1 atom stereocenters. The highest BCUT2D eigenvalue weighted by molar-refractivity contribution is 5.55. The Bertz CT molecular complexity index is 573. The molecule has 3 rings (SSSR count). The van der Waals surface area contributed by atoms with Crippen molar-refractivity contribution < 1.29 is 4.74 Å². The third-order valence-corrected chi connectivity index (χ3v) is 4.77. The van der Waals surface area contributed by atoms with E-state index in [9.17, 15) is 5.26 Å². The third-order valence-electron chi connectivity index (χ3n) is 4.77. The van der Waals surface area contributed by atoms with Gasteiger partial charge in [-0.3, -0.25) is 0 Å². The number of nitrogens with zero attached hydrogens (tertiary/aromatic N) is 2. The van der Waals surface area contributed by atoms with Crippen LogP contribution in [0.3, 0.4) is 0 Å². The number of anilines is 1. The van der Waals surface area contributed by atoms with Crippen molar-refractivity contribution >= 4 is 5.82 Å². The highest BCUT2D eigenvalue weighted by atomic mass is 16.5. The Kier molecular flexibility index (Phi) is 4.60. The quantitative estimate of drug-likeness (QED) is 0.870. The second-order valence-electron chi connectivity index (χ2n) is 6.41. The van der Waals surface area contributed by atoms with Crippen molar-refractivity contribution in [3.05, 3.63) is 22.9 Å². The first kappa shape index (κ1) is 15.3. The number of nitriles is 1. The molecule has 5 nitrogen and oxygen atoms in total. The van der Waals surface area contributed by atoms with E-state index in [0.29, 0.717) is 12.2 Å². The van der Waals surface area contributed by atoms with Gasteiger partial charge in [0.2, 0.25) is 0 Å². The molecule has 2 N–H and O–H groups in total. The largest absolute Gasteiger partial charge is 0.383 e. The Morgan fingerprint density at radius 3 is 3.00 bits per heavy atom. The molecule has 1 aromatic rings. The molecule has 118 valence electrons. The van der Waals surface area contributed by atoms with Crippen LogP contribution in [0.25, 0.3) is 0 Å². The Balaban J connectivity index is 1.78. The van der Waals surface area contributed by atoms with Gasteiger partial charge in [-0.25, -0.2) is 4.98 Å². The summed E-state index contributed by atoms with van der Waals surface area (Å²) in [5, 5.41) is 16.4. The fourth-order valence-corrected chi connectivity index (χ4v) is 3.58. The lowest BCUT2D eigenvalue weighted by Gasteiger charge is -2.29. The molecule has 1 aromatic heterocycles. The number of ether oxygens (including phenoxy) is 1. The Morgan fingerprint density at radius 2 is 2.27 bits per heavy atom. The van der Waals surface area contributed by atoms with Crippen molar-refractivity contribution in [2.75, 3.05) is 32.1 Å². The minimum Gasteiger partial charge on any atom is -0.383 e. The van der Waals surface area contributed by atoms with Crippen LogP contribution in [0.4, 0.5) is 5.82 Å². The smallest absolute Gasteiger partial charge is 0.144 e. The van der Waals surface area contributed by atoms with Crippen LogP contribution in [0, 0.1) is 11.3 Å². The van der Waals surface area contributed by atoms with E-state index in [2.05, 4.69) is 16.7 Å². The molecule has 1 aliphatic heterocycles. The van der Waals surface area contributed by atoms with E-state index in [-0.39, 0.29) is 5.54 Å². The van der Waals surface area contributed by atoms with Gasteiger partial charge in [-0.15, -0.1) is 0 Å². The van der Waals surface area contributed by atoms with Gasteiger partial charge < -0.3 is 15.4 Å². The lowest BCUT2D eigenvalue weighted by Crippen LogP contribution is -2.49. The average Bonchev–Trinajstić information content (AvgIpc) is 3.01. The lowest BCUT2D eigenvalue weighted by molar-refractivity contribution is 0.127. The normalized spacial score (nSPS) is 23.8. The monoisotopic (exact) mass is 300 g/mol. The fourth-order valence-electron chi connectivity index (χ4n) is 3.58. The summed E-state index contributed by atoms with van der Waals surface area (Å²) in [5.74, 6) is 0.729. The number of fused-ring (bicyclic) bond motifs is 1. The van der Waals surface area contributed by atoms with Gasteiger partial charge in [0, 0.05) is 19.3 Å². The molecule has 1 saturated heterocycles. The number of aromatic nitrogens is 1. The summed E-state index contributed by atoms with van der Waals surface area (Å²) in [5.41, 5.74) is 3.03. The summed E-state index contributed by atoms with van der Waals surface area (Å²) in [6.07, 6.45) is 6.71. The first-order chi connectivity index (χ1) is 10.8. The SMILES string of the molecule is COCC1(CNc2nc3c(cc2C#N)CCCC3)CCCN1. The van der Waals surface area contributed by atoms with E-state index in [0.717, 1.165) is 50.3 Å². The molecule has 22 heavy (non-hydrogen) atoms. The number of pyridine rings is 1. The van der Waals surface area contributed by atoms with Gasteiger partial charge in [-0.2, -0.15) is 5.26 Å². The van der Waals surface area contributed by atoms with Gasteiger partial charge in [0.15, 0.2) is 0 Å². The number of nitrogens with one attached hydrogen (secondary N) is 2. The van der Waals surface area contributed by atoms with Gasteiger partial charge in [0.1, 0.15) is 11.9 Å². The van der Waals surface area contributed by atoms with Gasteiger partial charge in [-0.05, 0) is 56.7 Å². The van der Waals surface area contributed by atoms with Gasteiger partial charge >= 0.3 is 0 Å². The standard InChI is InChI=1S/C17H24N4O/c1-22-12-17(7-4-8-20-17)11-19-16-14(10-18)9-13-5-2-3-6-15(13)21-16/h9,20H,2-8,11-12H2,1H3,(H,19,21).